The van der Waals surface area contributed by atoms with Gasteiger partial charge in [-0.15, -0.1) is 0 Å². The molecule has 1 unspecified atom stereocenters. The van der Waals surface area contributed by atoms with Gasteiger partial charge in [-0.3, -0.25) is 10.1 Å². The molecular formula is C12H20N2O2. The summed E-state index contributed by atoms with van der Waals surface area (Å²) >= 11 is 0. The average Bonchev–Trinajstić information content (AvgIpc) is 2.69. The zero-order chi connectivity index (χ0) is 12.1. The molecule has 1 aromatic rings. The van der Waals surface area contributed by atoms with Crippen molar-refractivity contribution in [1.82, 2.24) is 10.2 Å². The minimum Gasteiger partial charge on any atom is -0.468 e. The first-order valence-electron chi connectivity index (χ1n) is 5.49. The summed E-state index contributed by atoms with van der Waals surface area (Å²) in [5.74, 6) is 1.20. The molecule has 0 spiro atoms. The Labute approximate surface area is 96.6 Å². The van der Waals surface area contributed by atoms with E-state index in [1.165, 1.54) is 0 Å². The first-order chi connectivity index (χ1) is 7.52. The number of furan rings is 1. The number of carbonyl (C=O) groups excluding carboxylic acids is 1. The summed E-state index contributed by atoms with van der Waals surface area (Å²) in [4.78, 5) is 13.5. The minimum atomic E-state index is -0.167. The van der Waals surface area contributed by atoms with E-state index >= 15 is 0 Å². The monoisotopic (exact) mass is 224 g/mol. The molecule has 1 N–H and O–H groups in total. The van der Waals surface area contributed by atoms with Gasteiger partial charge >= 0.3 is 0 Å². The molecule has 0 bridgehead atoms. The van der Waals surface area contributed by atoms with Gasteiger partial charge in [-0.1, -0.05) is 13.8 Å². The lowest BCUT2D eigenvalue weighted by Gasteiger charge is -2.24. The molecule has 0 saturated carbocycles. The van der Waals surface area contributed by atoms with Crippen molar-refractivity contribution in [3.05, 3.63) is 24.2 Å². The van der Waals surface area contributed by atoms with E-state index in [0.29, 0.717) is 6.54 Å². The van der Waals surface area contributed by atoms with Crippen LogP contribution in [0.3, 0.4) is 0 Å². The third kappa shape index (κ3) is 3.38. The first-order valence-corrected chi connectivity index (χ1v) is 5.49. The van der Waals surface area contributed by atoms with Crippen LogP contribution in [0.25, 0.3) is 0 Å². The summed E-state index contributed by atoms with van der Waals surface area (Å²) in [6, 6.07) is 3.57. The quantitative estimate of drug-likeness (QED) is 0.824. The van der Waals surface area contributed by atoms with Crippen molar-refractivity contribution in [2.45, 2.75) is 26.4 Å². The Morgan fingerprint density at radius 3 is 2.62 bits per heavy atom. The molecule has 0 aliphatic carbocycles. The van der Waals surface area contributed by atoms with E-state index in [2.05, 4.69) is 5.32 Å². The third-order valence-electron chi connectivity index (χ3n) is 2.45. The van der Waals surface area contributed by atoms with Crippen LogP contribution in [0.1, 0.15) is 19.6 Å². The van der Waals surface area contributed by atoms with Crippen molar-refractivity contribution < 1.29 is 9.21 Å². The van der Waals surface area contributed by atoms with Crippen LogP contribution in [0.2, 0.25) is 0 Å². The summed E-state index contributed by atoms with van der Waals surface area (Å²) in [5.41, 5.74) is 0. The summed E-state index contributed by atoms with van der Waals surface area (Å²) < 4.78 is 5.22. The molecule has 1 amide bonds. The van der Waals surface area contributed by atoms with Crippen molar-refractivity contribution in [1.29, 1.82) is 0 Å². The lowest BCUT2D eigenvalue weighted by molar-refractivity contribution is -0.132. The molecule has 0 aliphatic heterocycles. The van der Waals surface area contributed by atoms with E-state index in [1.54, 1.807) is 25.3 Å². The third-order valence-corrected chi connectivity index (χ3v) is 2.45. The van der Waals surface area contributed by atoms with E-state index in [0.717, 1.165) is 5.76 Å². The van der Waals surface area contributed by atoms with Crippen molar-refractivity contribution in [2.75, 3.05) is 14.1 Å². The van der Waals surface area contributed by atoms with E-state index in [1.807, 2.05) is 26.0 Å². The second-order valence-electron chi connectivity index (χ2n) is 4.41. The van der Waals surface area contributed by atoms with E-state index in [-0.39, 0.29) is 17.9 Å². The summed E-state index contributed by atoms with van der Waals surface area (Å²) in [7, 11) is 3.54. The van der Waals surface area contributed by atoms with Crippen LogP contribution >= 0.6 is 0 Å². The zero-order valence-corrected chi connectivity index (χ0v) is 10.4. The first kappa shape index (κ1) is 12.8. The maximum atomic E-state index is 11.9. The van der Waals surface area contributed by atoms with Gasteiger partial charge in [-0.25, -0.2) is 0 Å². The number of hydrogen-bond donors (Lipinski definition) is 1. The summed E-state index contributed by atoms with van der Waals surface area (Å²) in [6.07, 6.45) is 1.63. The lowest BCUT2D eigenvalue weighted by atomic mass is 10.0. The van der Waals surface area contributed by atoms with Crippen molar-refractivity contribution >= 4 is 5.91 Å². The predicted octanol–water partition coefficient (Wildman–Crippen LogP) is 1.48. The van der Waals surface area contributed by atoms with Gasteiger partial charge in [-0.05, 0) is 18.1 Å². The molecule has 16 heavy (non-hydrogen) atoms. The highest BCUT2D eigenvalue weighted by Crippen LogP contribution is 2.07. The van der Waals surface area contributed by atoms with Gasteiger partial charge in [0, 0.05) is 14.1 Å². The van der Waals surface area contributed by atoms with E-state index < -0.39 is 0 Å². The summed E-state index contributed by atoms with van der Waals surface area (Å²) in [5, 5.41) is 3.22. The zero-order valence-electron chi connectivity index (χ0n) is 10.4. The highest BCUT2D eigenvalue weighted by molar-refractivity contribution is 5.81. The Morgan fingerprint density at radius 2 is 2.19 bits per heavy atom. The fraction of sp³-hybridized carbons (Fsp3) is 0.583. The van der Waals surface area contributed by atoms with Gasteiger partial charge in [0.1, 0.15) is 5.76 Å². The maximum absolute atomic E-state index is 11.9. The maximum Gasteiger partial charge on any atom is 0.239 e. The second kappa shape index (κ2) is 5.70. The van der Waals surface area contributed by atoms with Crippen LogP contribution in [-0.4, -0.2) is 30.9 Å². The van der Waals surface area contributed by atoms with Crippen molar-refractivity contribution in [3.63, 3.8) is 0 Å². The molecular weight excluding hydrogens is 204 g/mol. The van der Waals surface area contributed by atoms with Gasteiger partial charge in [0.05, 0.1) is 18.8 Å². The molecule has 4 heteroatoms. The average molecular weight is 224 g/mol. The van der Waals surface area contributed by atoms with Crippen LogP contribution in [0.5, 0.6) is 0 Å². The molecule has 4 nitrogen and oxygen atoms in total. The standard InChI is InChI=1S/C12H20N2O2/c1-9(2)11(12(15)14(3)4)13-8-10-6-5-7-16-10/h5-7,9,11,13H,8H2,1-4H3. The SMILES string of the molecule is CC(C)C(NCc1ccco1)C(=O)N(C)C. The molecule has 0 saturated heterocycles. The highest BCUT2D eigenvalue weighted by atomic mass is 16.3. The van der Waals surface area contributed by atoms with Crippen LogP contribution in [-0.2, 0) is 11.3 Å². The molecule has 1 atom stereocenters. The Kier molecular flexibility index (Phi) is 4.55. The van der Waals surface area contributed by atoms with Crippen LogP contribution in [0.15, 0.2) is 22.8 Å². The van der Waals surface area contributed by atoms with Crippen molar-refractivity contribution in [2.24, 2.45) is 5.92 Å². The van der Waals surface area contributed by atoms with Crippen LogP contribution in [0, 0.1) is 5.92 Å². The number of carbonyl (C=O) groups is 1. The highest BCUT2D eigenvalue weighted by Gasteiger charge is 2.23. The Bertz CT molecular complexity index is 318. The predicted molar refractivity (Wildman–Crippen MR) is 62.9 cm³/mol. The molecule has 0 aromatic carbocycles. The van der Waals surface area contributed by atoms with Gasteiger partial charge in [0.2, 0.25) is 5.91 Å². The number of likely N-dealkylation sites (N-methyl/N-ethyl adjacent to an activating group) is 1. The van der Waals surface area contributed by atoms with Gasteiger partial charge < -0.3 is 9.32 Å². The smallest absolute Gasteiger partial charge is 0.239 e. The topological polar surface area (TPSA) is 45.5 Å². The summed E-state index contributed by atoms with van der Waals surface area (Å²) in [6.45, 7) is 4.64. The molecule has 1 heterocycles. The van der Waals surface area contributed by atoms with Crippen molar-refractivity contribution in [3.8, 4) is 0 Å². The normalized spacial score (nSPS) is 12.8. The molecule has 1 aromatic heterocycles. The minimum absolute atomic E-state index is 0.0987. The fourth-order valence-electron chi connectivity index (χ4n) is 1.51. The number of amides is 1. The lowest BCUT2D eigenvalue weighted by Crippen LogP contribution is -2.46. The Hall–Kier alpha value is -1.29. The second-order valence-corrected chi connectivity index (χ2v) is 4.41. The number of nitrogens with zero attached hydrogens (tertiary/aromatic N) is 1. The number of hydrogen-bond acceptors (Lipinski definition) is 3. The van der Waals surface area contributed by atoms with Gasteiger partial charge in [0.25, 0.3) is 0 Å². The number of rotatable bonds is 5. The molecule has 1 rings (SSSR count). The van der Waals surface area contributed by atoms with Gasteiger partial charge in [0.15, 0.2) is 0 Å². The Balaban J connectivity index is 2.55. The molecule has 0 aliphatic rings. The van der Waals surface area contributed by atoms with Gasteiger partial charge in [-0.2, -0.15) is 0 Å². The number of nitrogens with one attached hydrogen (secondary N) is 1. The van der Waals surface area contributed by atoms with E-state index in [9.17, 15) is 4.79 Å². The fourth-order valence-corrected chi connectivity index (χ4v) is 1.51. The largest absolute Gasteiger partial charge is 0.468 e. The molecule has 90 valence electrons. The molecule has 0 fully saturated rings. The van der Waals surface area contributed by atoms with Crippen LogP contribution in [0.4, 0.5) is 0 Å². The molecule has 0 radical (unpaired) electrons. The Morgan fingerprint density at radius 1 is 1.50 bits per heavy atom. The van der Waals surface area contributed by atoms with Crippen LogP contribution < -0.4 is 5.32 Å². The van der Waals surface area contributed by atoms with E-state index in [4.69, 9.17) is 4.42 Å².